The van der Waals surface area contributed by atoms with Gasteiger partial charge in [0, 0.05) is 16.8 Å². The smallest absolute Gasteiger partial charge is 0.253 e. The van der Waals surface area contributed by atoms with Crippen LogP contribution in [0, 0.1) is 5.82 Å². The fraction of sp³-hybridized carbons (Fsp3) is 0.188. The van der Waals surface area contributed by atoms with Gasteiger partial charge in [0.1, 0.15) is 5.82 Å². The standard InChI is InChI=1S/C16H16ClFN2O/c1-10(7-11-3-2-4-12(17)8-11)20-16(21)14-6-5-13(18)9-15(14)19/h2-6,8-10H,7,19H2,1H3,(H,20,21). The molecule has 0 spiro atoms. The molecular weight excluding hydrogens is 291 g/mol. The summed E-state index contributed by atoms with van der Waals surface area (Å²) < 4.78 is 13.0. The largest absolute Gasteiger partial charge is 0.398 e. The number of nitrogens with one attached hydrogen (secondary N) is 1. The van der Waals surface area contributed by atoms with Crippen LogP contribution in [0.3, 0.4) is 0 Å². The molecule has 3 N–H and O–H groups in total. The van der Waals surface area contributed by atoms with Crippen LogP contribution in [0.25, 0.3) is 0 Å². The van der Waals surface area contributed by atoms with Gasteiger partial charge in [-0.15, -0.1) is 0 Å². The van der Waals surface area contributed by atoms with Gasteiger partial charge in [-0.25, -0.2) is 4.39 Å². The molecule has 110 valence electrons. The Hall–Kier alpha value is -2.07. The Bertz CT molecular complexity index is 660. The molecule has 2 aromatic rings. The number of nitrogen functional groups attached to an aromatic ring is 1. The quantitative estimate of drug-likeness (QED) is 0.850. The highest BCUT2D eigenvalue weighted by molar-refractivity contribution is 6.30. The van der Waals surface area contributed by atoms with Gasteiger partial charge in [0.25, 0.3) is 5.91 Å². The molecule has 3 nitrogen and oxygen atoms in total. The second-order valence-corrected chi connectivity index (χ2v) is 5.38. The first-order valence-corrected chi connectivity index (χ1v) is 6.94. The highest BCUT2D eigenvalue weighted by atomic mass is 35.5. The zero-order chi connectivity index (χ0) is 15.4. The minimum absolute atomic E-state index is 0.0968. The van der Waals surface area contributed by atoms with Crippen LogP contribution < -0.4 is 11.1 Å². The van der Waals surface area contributed by atoms with Gasteiger partial charge in [-0.1, -0.05) is 23.7 Å². The highest BCUT2D eigenvalue weighted by Crippen LogP contribution is 2.15. The Kier molecular flexibility index (Phi) is 4.81. The second-order valence-electron chi connectivity index (χ2n) is 4.94. The lowest BCUT2D eigenvalue weighted by molar-refractivity contribution is 0.0941. The molecule has 0 aliphatic carbocycles. The van der Waals surface area contributed by atoms with E-state index in [4.69, 9.17) is 17.3 Å². The lowest BCUT2D eigenvalue weighted by Crippen LogP contribution is -2.34. The molecule has 0 radical (unpaired) electrons. The molecule has 0 saturated heterocycles. The molecule has 1 atom stereocenters. The van der Waals surface area contributed by atoms with Gasteiger partial charge >= 0.3 is 0 Å². The molecule has 0 bridgehead atoms. The average Bonchev–Trinajstić information content (AvgIpc) is 2.38. The Morgan fingerprint density at radius 2 is 2.10 bits per heavy atom. The summed E-state index contributed by atoms with van der Waals surface area (Å²) in [6.07, 6.45) is 0.646. The van der Waals surface area contributed by atoms with Crippen molar-refractivity contribution in [2.75, 3.05) is 5.73 Å². The molecule has 21 heavy (non-hydrogen) atoms. The SMILES string of the molecule is CC(Cc1cccc(Cl)c1)NC(=O)c1ccc(F)cc1N. The van der Waals surface area contributed by atoms with Crippen LogP contribution >= 0.6 is 11.6 Å². The number of halogens is 2. The van der Waals surface area contributed by atoms with Gasteiger partial charge in [-0.3, -0.25) is 4.79 Å². The van der Waals surface area contributed by atoms with E-state index in [9.17, 15) is 9.18 Å². The summed E-state index contributed by atoms with van der Waals surface area (Å²) in [5, 5.41) is 3.50. The van der Waals surface area contributed by atoms with Crippen molar-refractivity contribution in [3.63, 3.8) is 0 Å². The summed E-state index contributed by atoms with van der Waals surface area (Å²) in [5.41, 5.74) is 7.08. The molecule has 2 aromatic carbocycles. The van der Waals surface area contributed by atoms with E-state index in [1.807, 2.05) is 25.1 Å². The molecule has 0 saturated carbocycles. The van der Waals surface area contributed by atoms with E-state index in [-0.39, 0.29) is 23.2 Å². The first-order chi connectivity index (χ1) is 9.95. The Balaban J connectivity index is 2.02. The van der Waals surface area contributed by atoms with Crippen molar-refractivity contribution < 1.29 is 9.18 Å². The van der Waals surface area contributed by atoms with Gasteiger partial charge in [0.2, 0.25) is 0 Å². The third kappa shape index (κ3) is 4.20. The number of hydrogen-bond acceptors (Lipinski definition) is 2. The number of benzene rings is 2. The maximum Gasteiger partial charge on any atom is 0.253 e. The third-order valence-corrected chi connectivity index (χ3v) is 3.30. The average molecular weight is 307 g/mol. The fourth-order valence-electron chi connectivity index (χ4n) is 2.11. The van der Waals surface area contributed by atoms with Crippen molar-refractivity contribution in [2.24, 2.45) is 0 Å². The Labute approximate surface area is 127 Å². The molecular formula is C16H16ClFN2O. The normalized spacial score (nSPS) is 12.0. The van der Waals surface area contributed by atoms with Gasteiger partial charge in [-0.2, -0.15) is 0 Å². The van der Waals surface area contributed by atoms with Crippen molar-refractivity contribution in [1.82, 2.24) is 5.32 Å². The van der Waals surface area contributed by atoms with Crippen molar-refractivity contribution in [1.29, 1.82) is 0 Å². The third-order valence-electron chi connectivity index (χ3n) is 3.07. The van der Waals surface area contributed by atoms with Gasteiger partial charge < -0.3 is 11.1 Å². The van der Waals surface area contributed by atoms with E-state index in [0.717, 1.165) is 11.6 Å². The lowest BCUT2D eigenvalue weighted by Gasteiger charge is -2.15. The summed E-state index contributed by atoms with van der Waals surface area (Å²) in [5.74, 6) is -0.780. The van der Waals surface area contributed by atoms with Gasteiger partial charge in [0.05, 0.1) is 5.56 Å². The molecule has 0 aliphatic rings. The number of nitrogens with two attached hydrogens (primary N) is 1. The predicted octanol–water partition coefficient (Wildman–Crippen LogP) is 3.42. The minimum Gasteiger partial charge on any atom is -0.398 e. The Morgan fingerprint density at radius 3 is 2.76 bits per heavy atom. The van der Waals surface area contributed by atoms with Crippen molar-refractivity contribution in [2.45, 2.75) is 19.4 Å². The van der Waals surface area contributed by atoms with E-state index in [1.165, 1.54) is 12.1 Å². The minimum atomic E-state index is -0.462. The molecule has 0 aliphatic heterocycles. The first-order valence-electron chi connectivity index (χ1n) is 6.56. The maximum absolute atomic E-state index is 13.0. The number of hydrogen-bond donors (Lipinski definition) is 2. The highest BCUT2D eigenvalue weighted by Gasteiger charge is 2.13. The van der Waals surface area contributed by atoms with E-state index in [2.05, 4.69) is 5.32 Å². The number of rotatable bonds is 4. The summed E-state index contributed by atoms with van der Waals surface area (Å²) in [7, 11) is 0. The topological polar surface area (TPSA) is 55.1 Å². The van der Waals surface area contributed by atoms with Crippen LogP contribution in [0.5, 0.6) is 0 Å². The van der Waals surface area contributed by atoms with Crippen LogP contribution in [-0.4, -0.2) is 11.9 Å². The molecule has 5 heteroatoms. The first kappa shape index (κ1) is 15.3. The van der Waals surface area contributed by atoms with Crippen molar-refractivity contribution in [3.8, 4) is 0 Å². The van der Waals surface area contributed by atoms with Crippen LogP contribution in [-0.2, 0) is 6.42 Å². The van der Waals surface area contributed by atoms with Gasteiger partial charge in [-0.05, 0) is 49.2 Å². The summed E-state index contributed by atoms with van der Waals surface area (Å²) >= 11 is 5.93. The summed E-state index contributed by atoms with van der Waals surface area (Å²) in [6.45, 7) is 1.89. The summed E-state index contributed by atoms with van der Waals surface area (Å²) in [6, 6.07) is 11.1. The maximum atomic E-state index is 13.0. The van der Waals surface area contributed by atoms with Crippen molar-refractivity contribution >= 4 is 23.2 Å². The second kappa shape index (κ2) is 6.59. The van der Waals surface area contributed by atoms with Crippen LogP contribution in [0.2, 0.25) is 5.02 Å². The van der Waals surface area contributed by atoms with Gasteiger partial charge in [0.15, 0.2) is 0 Å². The molecule has 0 heterocycles. The van der Waals surface area contributed by atoms with Crippen molar-refractivity contribution in [3.05, 3.63) is 64.4 Å². The molecule has 2 rings (SSSR count). The van der Waals surface area contributed by atoms with E-state index < -0.39 is 5.82 Å². The van der Waals surface area contributed by atoms with Crippen LogP contribution in [0.15, 0.2) is 42.5 Å². The molecule has 1 unspecified atom stereocenters. The number of amides is 1. The fourth-order valence-corrected chi connectivity index (χ4v) is 2.32. The zero-order valence-electron chi connectivity index (χ0n) is 11.6. The van der Waals surface area contributed by atoms with E-state index >= 15 is 0 Å². The number of carbonyl (C=O) groups is 1. The summed E-state index contributed by atoms with van der Waals surface area (Å²) in [4.78, 5) is 12.1. The Morgan fingerprint density at radius 1 is 1.33 bits per heavy atom. The monoisotopic (exact) mass is 306 g/mol. The van der Waals surface area contributed by atoms with Crippen LogP contribution in [0.4, 0.5) is 10.1 Å². The molecule has 0 fully saturated rings. The molecule has 0 aromatic heterocycles. The molecule has 1 amide bonds. The van der Waals surface area contributed by atoms with E-state index in [0.29, 0.717) is 11.4 Å². The van der Waals surface area contributed by atoms with Crippen LogP contribution in [0.1, 0.15) is 22.8 Å². The lowest BCUT2D eigenvalue weighted by atomic mass is 10.1. The number of carbonyl (C=O) groups excluding carboxylic acids is 1. The number of anilines is 1. The van der Waals surface area contributed by atoms with E-state index in [1.54, 1.807) is 6.07 Å². The zero-order valence-corrected chi connectivity index (χ0v) is 12.3. The predicted molar refractivity (Wildman–Crippen MR) is 82.9 cm³/mol.